The van der Waals surface area contributed by atoms with Gasteiger partial charge in [0, 0.05) is 12.6 Å². The van der Waals surface area contributed by atoms with Crippen LogP contribution in [0.15, 0.2) is 48.5 Å². The normalized spacial score (nSPS) is 12.3. The number of rotatable bonds is 8. The highest BCUT2D eigenvalue weighted by atomic mass is 19.1. The van der Waals surface area contributed by atoms with Gasteiger partial charge in [0.25, 0.3) is 0 Å². The third-order valence-corrected chi connectivity index (χ3v) is 3.71. The van der Waals surface area contributed by atoms with Gasteiger partial charge in [-0.3, -0.25) is 0 Å². The van der Waals surface area contributed by atoms with E-state index in [9.17, 15) is 8.78 Å². The fraction of sp³-hybridized carbons (Fsp3) is 0.333. The van der Waals surface area contributed by atoms with Crippen molar-refractivity contribution >= 4 is 0 Å². The van der Waals surface area contributed by atoms with Gasteiger partial charge >= 0.3 is 0 Å². The summed E-state index contributed by atoms with van der Waals surface area (Å²) >= 11 is 0. The number of benzene rings is 2. The highest BCUT2D eigenvalue weighted by Gasteiger charge is 2.15. The van der Waals surface area contributed by atoms with Gasteiger partial charge in [-0.05, 0) is 42.5 Å². The Kier molecular flexibility index (Phi) is 6.49. The molecule has 0 aliphatic rings. The lowest BCUT2D eigenvalue weighted by Gasteiger charge is -2.18. The largest absolute Gasteiger partial charge is 0.395 e. The monoisotopic (exact) mass is 305 g/mol. The van der Waals surface area contributed by atoms with Gasteiger partial charge in [-0.1, -0.05) is 36.4 Å². The standard InChI is InChI=1S/C18H21F2NO/c19-17-7-6-16(18(20)13-17)12-15(8-9-21-10-11-22)14-4-2-1-3-5-14/h1-7,13,15,21-22H,8-12H2/t15-/m0/s1. The minimum atomic E-state index is -0.554. The smallest absolute Gasteiger partial charge is 0.129 e. The van der Waals surface area contributed by atoms with Crippen LogP contribution in [0.2, 0.25) is 0 Å². The first kappa shape index (κ1) is 16.6. The van der Waals surface area contributed by atoms with Gasteiger partial charge in [-0.2, -0.15) is 0 Å². The second-order valence-corrected chi connectivity index (χ2v) is 5.31. The zero-order valence-corrected chi connectivity index (χ0v) is 12.4. The Bertz CT molecular complexity index is 575. The molecule has 0 radical (unpaired) electrons. The van der Waals surface area contributed by atoms with Crippen LogP contribution in [0, 0.1) is 11.6 Å². The quantitative estimate of drug-likeness (QED) is 0.734. The predicted molar refractivity (Wildman–Crippen MR) is 83.8 cm³/mol. The van der Waals surface area contributed by atoms with Crippen LogP contribution in [0.1, 0.15) is 23.5 Å². The van der Waals surface area contributed by atoms with E-state index in [4.69, 9.17) is 5.11 Å². The second-order valence-electron chi connectivity index (χ2n) is 5.31. The highest BCUT2D eigenvalue weighted by Crippen LogP contribution is 2.25. The van der Waals surface area contributed by atoms with Gasteiger partial charge in [0.15, 0.2) is 0 Å². The molecule has 4 heteroatoms. The Balaban J connectivity index is 2.10. The highest BCUT2D eigenvalue weighted by molar-refractivity contribution is 5.25. The molecule has 0 fully saturated rings. The number of aliphatic hydroxyl groups is 1. The fourth-order valence-electron chi connectivity index (χ4n) is 2.54. The van der Waals surface area contributed by atoms with Crippen molar-refractivity contribution in [2.75, 3.05) is 19.7 Å². The molecule has 0 unspecified atom stereocenters. The first-order valence-corrected chi connectivity index (χ1v) is 7.51. The van der Waals surface area contributed by atoms with Gasteiger partial charge < -0.3 is 10.4 Å². The second kappa shape index (κ2) is 8.61. The van der Waals surface area contributed by atoms with E-state index in [1.165, 1.54) is 12.1 Å². The maximum absolute atomic E-state index is 13.9. The molecular formula is C18H21F2NO. The zero-order valence-electron chi connectivity index (χ0n) is 12.4. The number of aliphatic hydroxyl groups excluding tert-OH is 1. The van der Waals surface area contributed by atoms with Crippen molar-refractivity contribution in [3.63, 3.8) is 0 Å². The molecule has 0 amide bonds. The number of hydrogen-bond acceptors (Lipinski definition) is 2. The number of nitrogens with one attached hydrogen (secondary N) is 1. The molecule has 1 atom stereocenters. The lowest BCUT2D eigenvalue weighted by atomic mass is 9.89. The molecule has 2 rings (SSSR count). The van der Waals surface area contributed by atoms with Crippen molar-refractivity contribution in [1.82, 2.24) is 5.32 Å². The summed E-state index contributed by atoms with van der Waals surface area (Å²) in [5.74, 6) is -0.904. The van der Waals surface area contributed by atoms with Crippen LogP contribution in [0.3, 0.4) is 0 Å². The Labute approximate surface area is 129 Å². The van der Waals surface area contributed by atoms with Gasteiger partial charge in [0.05, 0.1) is 6.61 Å². The van der Waals surface area contributed by atoms with Crippen LogP contribution in [-0.4, -0.2) is 24.8 Å². The summed E-state index contributed by atoms with van der Waals surface area (Å²) in [5.41, 5.74) is 1.66. The Morgan fingerprint density at radius 2 is 1.77 bits per heavy atom. The van der Waals surface area contributed by atoms with E-state index in [2.05, 4.69) is 5.32 Å². The van der Waals surface area contributed by atoms with Crippen molar-refractivity contribution < 1.29 is 13.9 Å². The molecule has 2 nitrogen and oxygen atoms in total. The van der Waals surface area contributed by atoms with Crippen molar-refractivity contribution in [3.8, 4) is 0 Å². The van der Waals surface area contributed by atoms with Gasteiger partial charge in [-0.25, -0.2) is 8.78 Å². The number of hydrogen-bond donors (Lipinski definition) is 2. The van der Waals surface area contributed by atoms with E-state index in [-0.39, 0.29) is 12.5 Å². The molecular weight excluding hydrogens is 284 g/mol. The topological polar surface area (TPSA) is 32.3 Å². The molecule has 0 aromatic heterocycles. The Morgan fingerprint density at radius 1 is 1.00 bits per heavy atom. The summed E-state index contributed by atoms with van der Waals surface area (Å²) in [6.07, 6.45) is 1.35. The molecule has 0 aliphatic heterocycles. The average Bonchev–Trinajstić information content (AvgIpc) is 2.53. The van der Waals surface area contributed by atoms with Crippen molar-refractivity contribution in [1.29, 1.82) is 0 Å². The minimum Gasteiger partial charge on any atom is -0.395 e. The van der Waals surface area contributed by atoms with E-state index in [0.29, 0.717) is 18.5 Å². The summed E-state index contributed by atoms with van der Waals surface area (Å²) < 4.78 is 26.9. The third kappa shape index (κ3) is 4.90. The van der Waals surface area contributed by atoms with Crippen LogP contribution in [-0.2, 0) is 6.42 Å². The van der Waals surface area contributed by atoms with Crippen LogP contribution in [0.4, 0.5) is 8.78 Å². The molecule has 0 heterocycles. The molecule has 118 valence electrons. The lowest BCUT2D eigenvalue weighted by molar-refractivity contribution is 0.291. The lowest BCUT2D eigenvalue weighted by Crippen LogP contribution is -2.21. The number of halogens is 2. The summed E-state index contributed by atoms with van der Waals surface area (Å²) in [4.78, 5) is 0. The van der Waals surface area contributed by atoms with E-state index in [0.717, 1.165) is 24.6 Å². The van der Waals surface area contributed by atoms with Crippen LogP contribution in [0.25, 0.3) is 0 Å². The van der Waals surface area contributed by atoms with E-state index in [1.54, 1.807) is 0 Å². The predicted octanol–water partition coefficient (Wildman–Crippen LogP) is 3.26. The molecule has 2 aromatic carbocycles. The van der Waals surface area contributed by atoms with Crippen LogP contribution < -0.4 is 5.32 Å². The third-order valence-electron chi connectivity index (χ3n) is 3.71. The average molecular weight is 305 g/mol. The molecule has 0 aliphatic carbocycles. The SMILES string of the molecule is OCCNCC[C@@H](Cc1ccc(F)cc1F)c1ccccc1. The van der Waals surface area contributed by atoms with E-state index in [1.807, 2.05) is 30.3 Å². The fourth-order valence-corrected chi connectivity index (χ4v) is 2.54. The molecule has 2 N–H and O–H groups in total. The van der Waals surface area contributed by atoms with Crippen molar-refractivity contribution in [2.45, 2.75) is 18.8 Å². The summed E-state index contributed by atoms with van der Waals surface area (Å²) in [5, 5.41) is 11.9. The van der Waals surface area contributed by atoms with Crippen molar-refractivity contribution in [3.05, 3.63) is 71.3 Å². The molecule has 2 aromatic rings. The summed E-state index contributed by atoms with van der Waals surface area (Å²) in [6, 6.07) is 13.7. The molecule has 0 spiro atoms. The van der Waals surface area contributed by atoms with Crippen LogP contribution >= 0.6 is 0 Å². The zero-order chi connectivity index (χ0) is 15.8. The first-order chi connectivity index (χ1) is 10.7. The molecule has 0 saturated carbocycles. The van der Waals surface area contributed by atoms with E-state index < -0.39 is 11.6 Å². The van der Waals surface area contributed by atoms with Gasteiger partial charge in [0.1, 0.15) is 11.6 Å². The Morgan fingerprint density at radius 3 is 2.45 bits per heavy atom. The van der Waals surface area contributed by atoms with Crippen LogP contribution in [0.5, 0.6) is 0 Å². The maximum Gasteiger partial charge on any atom is 0.129 e. The maximum atomic E-state index is 13.9. The Hall–Kier alpha value is -1.78. The van der Waals surface area contributed by atoms with E-state index >= 15 is 0 Å². The first-order valence-electron chi connectivity index (χ1n) is 7.51. The minimum absolute atomic E-state index is 0.0998. The van der Waals surface area contributed by atoms with Crippen molar-refractivity contribution in [2.24, 2.45) is 0 Å². The van der Waals surface area contributed by atoms with Gasteiger partial charge in [-0.15, -0.1) is 0 Å². The summed E-state index contributed by atoms with van der Waals surface area (Å²) in [6.45, 7) is 1.39. The van der Waals surface area contributed by atoms with Gasteiger partial charge in [0.2, 0.25) is 0 Å². The summed E-state index contributed by atoms with van der Waals surface area (Å²) in [7, 11) is 0. The molecule has 0 saturated heterocycles. The molecule has 22 heavy (non-hydrogen) atoms. The molecule has 0 bridgehead atoms.